The summed E-state index contributed by atoms with van der Waals surface area (Å²) in [6.45, 7) is 2.18. The van der Waals surface area contributed by atoms with Crippen LogP contribution in [0.1, 0.15) is 32.6 Å². The van der Waals surface area contributed by atoms with Gasteiger partial charge >= 0.3 is 6.03 Å². The van der Waals surface area contributed by atoms with Crippen molar-refractivity contribution in [1.29, 1.82) is 5.26 Å². The van der Waals surface area contributed by atoms with Crippen LogP contribution in [-0.4, -0.2) is 11.6 Å². The van der Waals surface area contributed by atoms with Crippen molar-refractivity contribution >= 4 is 23.3 Å². The summed E-state index contributed by atoms with van der Waals surface area (Å²) in [5, 5.41) is 15.5. The Morgan fingerprint density at radius 1 is 1.35 bits per heavy atom. The van der Waals surface area contributed by atoms with Gasteiger partial charge in [-0.05, 0) is 55.9 Å². The van der Waals surface area contributed by atoms with Gasteiger partial charge in [-0.25, -0.2) is 4.79 Å². The van der Waals surface area contributed by atoms with Gasteiger partial charge in [-0.3, -0.25) is 0 Å². The molecule has 0 aliphatic heterocycles. The number of carbonyl (C=O) groups excluding carboxylic acids is 1. The molecule has 2 N–H and O–H groups in total. The van der Waals surface area contributed by atoms with E-state index in [9.17, 15) is 10.1 Å². The number of rotatable bonds is 2. The zero-order valence-corrected chi connectivity index (χ0v) is 12.2. The molecular weight excluding hydrogens is 274 g/mol. The third kappa shape index (κ3) is 3.64. The van der Waals surface area contributed by atoms with Crippen LogP contribution in [-0.2, 0) is 0 Å². The fourth-order valence-corrected chi connectivity index (χ4v) is 2.56. The second-order valence-electron chi connectivity index (χ2n) is 5.46. The second kappa shape index (κ2) is 6.15. The van der Waals surface area contributed by atoms with Crippen LogP contribution in [0.25, 0.3) is 0 Å². The van der Waals surface area contributed by atoms with Crippen molar-refractivity contribution in [2.75, 3.05) is 5.32 Å². The highest BCUT2D eigenvalue weighted by atomic mass is 35.5. The molecule has 0 spiro atoms. The Morgan fingerprint density at radius 3 is 2.50 bits per heavy atom. The molecule has 0 atom stereocenters. The van der Waals surface area contributed by atoms with E-state index in [4.69, 9.17) is 11.6 Å². The summed E-state index contributed by atoms with van der Waals surface area (Å²) in [5.74, 6) is 0.623. The topological polar surface area (TPSA) is 64.9 Å². The monoisotopic (exact) mass is 291 g/mol. The normalized spacial score (nSPS) is 25.6. The fourth-order valence-electron chi connectivity index (χ4n) is 2.43. The lowest BCUT2D eigenvalue weighted by Gasteiger charge is -2.34. The molecule has 106 valence electrons. The van der Waals surface area contributed by atoms with E-state index in [0.29, 0.717) is 29.5 Å². The molecule has 0 radical (unpaired) electrons. The maximum absolute atomic E-state index is 12.0. The molecule has 1 aromatic rings. The van der Waals surface area contributed by atoms with Gasteiger partial charge in [0, 0.05) is 10.7 Å². The van der Waals surface area contributed by atoms with Gasteiger partial charge in [-0.1, -0.05) is 18.5 Å². The van der Waals surface area contributed by atoms with Crippen LogP contribution in [0, 0.1) is 17.2 Å². The summed E-state index contributed by atoms with van der Waals surface area (Å²) in [6.07, 6.45) is 3.35. The lowest BCUT2D eigenvalue weighted by Crippen LogP contribution is -2.51. The minimum absolute atomic E-state index is 0.344. The number of hydrogen-bond acceptors (Lipinski definition) is 2. The molecule has 1 aromatic carbocycles. The highest BCUT2D eigenvalue weighted by Crippen LogP contribution is 2.31. The molecule has 1 saturated carbocycles. The number of amides is 2. The average molecular weight is 292 g/mol. The van der Waals surface area contributed by atoms with E-state index in [1.807, 2.05) is 0 Å². The first kappa shape index (κ1) is 14.7. The van der Waals surface area contributed by atoms with Crippen molar-refractivity contribution in [3.8, 4) is 6.07 Å². The zero-order valence-electron chi connectivity index (χ0n) is 11.4. The molecule has 0 saturated heterocycles. The first-order valence-electron chi connectivity index (χ1n) is 6.79. The Hall–Kier alpha value is -1.73. The van der Waals surface area contributed by atoms with Gasteiger partial charge in [0.2, 0.25) is 0 Å². The van der Waals surface area contributed by atoms with Gasteiger partial charge in [0.15, 0.2) is 0 Å². The van der Waals surface area contributed by atoms with Gasteiger partial charge in [0.25, 0.3) is 0 Å². The molecule has 0 aromatic heterocycles. The number of nitrogens with one attached hydrogen (secondary N) is 2. The molecule has 1 aliphatic rings. The van der Waals surface area contributed by atoms with Gasteiger partial charge in [0.1, 0.15) is 5.54 Å². The van der Waals surface area contributed by atoms with Crippen molar-refractivity contribution in [3.63, 3.8) is 0 Å². The van der Waals surface area contributed by atoms with Crippen molar-refractivity contribution in [2.24, 2.45) is 5.92 Å². The number of nitrogens with zero attached hydrogens (tertiary/aromatic N) is 1. The molecule has 2 rings (SSSR count). The van der Waals surface area contributed by atoms with Crippen molar-refractivity contribution in [1.82, 2.24) is 5.32 Å². The summed E-state index contributed by atoms with van der Waals surface area (Å²) >= 11 is 5.79. The molecule has 0 bridgehead atoms. The molecule has 5 heteroatoms. The summed E-state index contributed by atoms with van der Waals surface area (Å²) in [7, 11) is 0. The predicted octanol–water partition coefficient (Wildman–Crippen LogP) is 3.93. The van der Waals surface area contributed by atoms with Gasteiger partial charge < -0.3 is 10.6 Å². The number of benzene rings is 1. The molecule has 1 fully saturated rings. The maximum Gasteiger partial charge on any atom is 0.320 e. The summed E-state index contributed by atoms with van der Waals surface area (Å²) < 4.78 is 0. The Morgan fingerprint density at radius 2 is 1.95 bits per heavy atom. The van der Waals surface area contributed by atoms with Crippen LogP contribution in [0.15, 0.2) is 24.3 Å². The Bertz CT molecular complexity index is 513. The Labute approximate surface area is 124 Å². The van der Waals surface area contributed by atoms with Gasteiger partial charge in [-0.2, -0.15) is 5.26 Å². The van der Waals surface area contributed by atoms with Crippen LogP contribution in [0.5, 0.6) is 0 Å². The smallest absolute Gasteiger partial charge is 0.319 e. The van der Waals surface area contributed by atoms with Crippen LogP contribution >= 0.6 is 11.6 Å². The summed E-state index contributed by atoms with van der Waals surface area (Å²) in [6, 6.07) is 8.79. The van der Waals surface area contributed by atoms with Crippen molar-refractivity contribution in [3.05, 3.63) is 29.3 Å². The molecule has 1 aliphatic carbocycles. The largest absolute Gasteiger partial charge is 0.320 e. The van der Waals surface area contributed by atoms with E-state index in [1.165, 1.54) is 0 Å². The highest BCUT2D eigenvalue weighted by molar-refractivity contribution is 6.30. The number of urea groups is 1. The molecule has 20 heavy (non-hydrogen) atoms. The predicted molar refractivity (Wildman–Crippen MR) is 79.6 cm³/mol. The van der Waals surface area contributed by atoms with E-state index < -0.39 is 5.54 Å². The molecular formula is C15H18ClN3O. The van der Waals surface area contributed by atoms with E-state index >= 15 is 0 Å². The van der Waals surface area contributed by atoms with Gasteiger partial charge in [-0.15, -0.1) is 0 Å². The molecule has 2 amide bonds. The fraction of sp³-hybridized carbons (Fsp3) is 0.467. The first-order valence-corrected chi connectivity index (χ1v) is 7.17. The summed E-state index contributed by atoms with van der Waals surface area (Å²) in [4.78, 5) is 12.0. The second-order valence-corrected chi connectivity index (χ2v) is 5.90. The minimum Gasteiger partial charge on any atom is -0.319 e. The van der Waals surface area contributed by atoms with E-state index in [-0.39, 0.29) is 6.03 Å². The van der Waals surface area contributed by atoms with Crippen LogP contribution < -0.4 is 10.6 Å². The SMILES string of the molecule is CC1CCC(C#N)(NC(=O)Nc2ccc(Cl)cc2)CC1. The van der Waals surface area contributed by atoms with Crippen LogP contribution in [0.3, 0.4) is 0 Å². The van der Waals surface area contributed by atoms with Crippen LogP contribution in [0.4, 0.5) is 10.5 Å². The third-order valence-corrected chi connectivity index (χ3v) is 4.05. The Balaban J connectivity index is 1.96. The molecule has 0 unspecified atom stereocenters. The minimum atomic E-state index is -0.733. The third-order valence-electron chi connectivity index (χ3n) is 3.80. The maximum atomic E-state index is 12.0. The summed E-state index contributed by atoms with van der Waals surface area (Å²) in [5.41, 5.74) is -0.0765. The lowest BCUT2D eigenvalue weighted by atomic mass is 9.78. The Kier molecular flexibility index (Phi) is 4.51. The zero-order chi connectivity index (χ0) is 14.6. The van der Waals surface area contributed by atoms with Crippen LogP contribution in [0.2, 0.25) is 5.02 Å². The quantitative estimate of drug-likeness (QED) is 0.867. The van der Waals surface area contributed by atoms with E-state index in [1.54, 1.807) is 24.3 Å². The number of anilines is 1. The van der Waals surface area contributed by atoms with Crippen molar-refractivity contribution in [2.45, 2.75) is 38.1 Å². The number of hydrogen-bond donors (Lipinski definition) is 2. The lowest BCUT2D eigenvalue weighted by molar-refractivity contribution is 0.222. The van der Waals surface area contributed by atoms with Gasteiger partial charge in [0.05, 0.1) is 6.07 Å². The van der Waals surface area contributed by atoms with Crippen molar-refractivity contribution < 1.29 is 4.79 Å². The number of halogens is 1. The standard InChI is InChI=1S/C15H18ClN3O/c1-11-6-8-15(10-17,9-7-11)19-14(20)18-13-4-2-12(16)3-5-13/h2-5,11H,6-9H2,1H3,(H2,18,19,20). The first-order chi connectivity index (χ1) is 9.53. The molecule has 0 heterocycles. The number of nitriles is 1. The van der Waals surface area contributed by atoms with E-state index in [2.05, 4.69) is 23.6 Å². The highest BCUT2D eigenvalue weighted by Gasteiger charge is 2.35. The number of carbonyl (C=O) groups is 1. The van der Waals surface area contributed by atoms with E-state index in [0.717, 1.165) is 12.8 Å². The average Bonchev–Trinajstić information content (AvgIpc) is 2.44. The molecule has 4 nitrogen and oxygen atoms in total.